The van der Waals surface area contributed by atoms with Gasteiger partial charge in [0.05, 0.1) is 31.1 Å². The number of benzene rings is 2. The molecule has 168 valence electrons. The van der Waals surface area contributed by atoms with Crippen molar-refractivity contribution in [3.63, 3.8) is 0 Å². The van der Waals surface area contributed by atoms with E-state index in [-0.39, 0.29) is 31.7 Å². The average Bonchev–Trinajstić information content (AvgIpc) is 2.85. The molecule has 3 rings (SSSR count). The molecule has 0 unspecified atom stereocenters. The minimum absolute atomic E-state index is 0.0537. The molecule has 0 aliphatic carbocycles. The van der Waals surface area contributed by atoms with Gasteiger partial charge in [-0.1, -0.05) is 36.4 Å². The van der Waals surface area contributed by atoms with E-state index >= 15 is 0 Å². The first-order valence-corrected chi connectivity index (χ1v) is 10.4. The van der Waals surface area contributed by atoms with Crippen LogP contribution in [0.4, 0.5) is 21.9 Å². The van der Waals surface area contributed by atoms with Gasteiger partial charge in [-0.2, -0.15) is 5.26 Å². The standard InChI is InChI=1S/C24H25N7O2/c25-19-30(23(26)29-20-11-13-27-14-12-20)16-18-33-17-15-28-24(32)31(21-7-3-1-4-8-21)22-9-5-2-6-10-22/h1-14H,15-18H2,(H,28,32)(H2,26,27,29). The van der Waals surface area contributed by atoms with E-state index in [1.165, 1.54) is 4.90 Å². The van der Waals surface area contributed by atoms with Crippen LogP contribution < -0.4 is 15.5 Å². The predicted molar refractivity (Wildman–Crippen MR) is 127 cm³/mol. The number of rotatable bonds is 9. The van der Waals surface area contributed by atoms with Crippen LogP contribution in [0.5, 0.6) is 0 Å². The third-order valence-corrected chi connectivity index (χ3v) is 4.55. The van der Waals surface area contributed by atoms with E-state index in [1.807, 2.05) is 66.9 Å². The normalized spacial score (nSPS) is 10.0. The lowest BCUT2D eigenvalue weighted by molar-refractivity contribution is 0.130. The Balaban J connectivity index is 1.43. The monoisotopic (exact) mass is 443 g/mol. The summed E-state index contributed by atoms with van der Waals surface area (Å²) in [6.07, 6.45) is 5.15. The smallest absolute Gasteiger partial charge is 0.326 e. The molecule has 0 spiro atoms. The van der Waals surface area contributed by atoms with E-state index < -0.39 is 0 Å². The molecule has 0 fully saturated rings. The molecular formula is C24H25N7O2. The number of hydrogen-bond donors (Lipinski definition) is 3. The van der Waals surface area contributed by atoms with Crippen molar-refractivity contribution in [2.24, 2.45) is 0 Å². The Morgan fingerprint density at radius 1 is 0.970 bits per heavy atom. The molecule has 9 heteroatoms. The second-order valence-corrected chi connectivity index (χ2v) is 6.81. The molecule has 9 nitrogen and oxygen atoms in total. The Morgan fingerprint density at radius 2 is 1.58 bits per heavy atom. The van der Waals surface area contributed by atoms with Gasteiger partial charge in [-0.3, -0.25) is 15.3 Å². The number of nitrogens with zero attached hydrogens (tertiary/aromatic N) is 4. The first-order chi connectivity index (χ1) is 16.2. The van der Waals surface area contributed by atoms with Crippen molar-refractivity contribution in [3.05, 3.63) is 85.2 Å². The topological polar surface area (TPSA) is 117 Å². The zero-order valence-corrected chi connectivity index (χ0v) is 18.0. The maximum absolute atomic E-state index is 12.9. The van der Waals surface area contributed by atoms with E-state index in [1.54, 1.807) is 29.4 Å². The minimum Gasteiger partial charge on any atom is -0.378 e. The van der Waals surface area contributed by atoms with Gasteiger partial charge in [0, 0.05) is 24.6 Å². The van der Waals surface area contributed by atoms with E-state index in [2.05, 4.69) is 15.6 Å². The second-order valence-electron chi connectivity index (χ2n) is 6.81. The van der Waals surface area contributed by atoms with Crippen LogP contribution in [0.2, 0.25) is 0 Å². The fraction of sp³-hybridized carbons (Fsp3) is 0.167. The molecule has 33 heavy (non-hydrogen) atoms. The molecule has 2 amide bonds. The molecule has 0 aliphatic heterocycles. The van der Waals surface area contributed by atoms with Gasteiger partial charge in [-0.25, -0.2) is 9.69 Å². The molecule has 3 N–H and O–H groups in total. The number of aromatic nitrogens is 1. The molecule has 0 saturated carbocycles. The summed E-state index contributed by atoms with van der Waals surface area (Å²) in [6.45, 7) is 1.01. The molecule has 1 aromatic heterocycles. The highest BCUT2D eigenvalue weighted by Gasteiger charge is 2.17. The number of carbonyl (C=O) groups is 1. The summed E-state index contributed by atoms with van der Waals surface area (Å²) in [6, 6.07) is 21.9. The van der Waals surface area contributed by atoms with E-state index in [9.17, 15) is 10.1 Å². The lowest BCUT2D eigenvalue weighted by Gasteiger charge is -2.23. The lowest BCUT2D eigenvalue weighted by Crippen LogP contribution is -2.39. The third kappa shape index (κ3) is 7.05. The van der Waals surface area contributed by atoms with Crippen LogP contribution in [0.3, 0.4) is 0 Å². The van der Waals surface area contributed by atoms with Crippen molar-refractivity contribution in [2.75, 3.05) is 36.5 Å². The zero-order chi connectivity index (χ0) is 23.3. The van der Waals surface area contributed by atoms with Crippen LogP contribution in [-0.2, 0) is 4.74 Å². The van der Waals surface area contributed by atoms with Crippen LogP contribution in [0.1, 0.15) is 0 Å². The van der Waals surface area contributed by atoms with Gasteiger partial charge >= 0.3 is 6.03 Å². The maximum Gasteiger partial charge on any atom is 0.326 e. The summed E-state index contributed by atoms with van der Waals surface area (Å²) in [5, 5.41) is 23.0. The third-order valence-electron chi connectivity index (χ3n) is 4.55. The summed E-state index contributed by atoms with van der Waals surface area (Å²) in [5.74, 6) is -0.0537. The number of amides is 2. The van der Waals surface area contributed by atoms with Crippen LogP contribution in [0.25, 0.3) is 0 Å². The van der Waals surface area contributed by atoms with Crippen LogP contribution >= 0.6 is 0 Å². The highest BCUT2D eigenvalue weighted by Crippen LogP contribution is 2.24. The van der Waals surface area contributed by atoms with Gasteiger partial charge in [-0.15, -0.1) is 0 Å². The van der Waals surface area contributed by atoms with Gasteiger partial charge in [0.15, 0.2) is 6.19 Å². The first kappa shape index (κ1) is 23.2. The molecular weight excluding hydrogens is 418 g/mol. The fourth-order valence-corrected chi connectivity index (χ4v) is 2.96. The molecule has 0 atom stereocenters. The number of hydrogen-bond acceptors (Lipinski definition) is 5. The fourth-order valence-electron chi connectivity index (χ4n) is 2.96. The molecule has 2 aromatic carbocycles. The summed E-state index contributed by atoms with van der Waals surface area (Å²) >= 11 is 0. The number of anilines is 3. The molecule has 1 heterocycles. The number of ether oxygens (including phenoxy) is 1. The Hall–Kier alpha value is -4.42. The van der Waals surface area contributed by atoms with Gasteiger partial charge in [0.1, 0.15) is 0 Å². The van der Waals surface area contributed by atoms with Crippen molar-refractivity contribution in [1.82, 2.24) is 15.2 Å². The maximum atomic E-state index is 12.9. The molecule has 0 bridgehead atoms. The van der Waals surface area contributed by atoms with Gasteiger partial charge in [-0.05, 0) is 36.4 Å². The van der Waals surface area contributed by atoms with Crippen molar-refractivity contribution in [2.45, 2.75) is 0 Å². The largest absolute Gasteiger partial charge is 0.378 e. The Bertz CT molecular complexity index is 1020. The Labute approximate surface area is 192 Å². The SMILES string of the molecule is N#CN(CCOCCNC(=O)N(c1ccccc1)c1ccccc1)C(=N)Nc1ccncc1. The van der Waals surface area contributed by atoms with Gasteiger partial charge in [0.2, 0.25) is 5.96 Å². The minimum atomic E-state index is -0.266. The van der Waals surface area contributed by atoms with Gasteiger partial charge < -0.3 is 15.4 Å². The summed E-state index contributed by atoms with van der Waals surface area (Å²) in [7, 11) is 0. The average molecular weight is 444 g/mol. The van der Waals surface area contributed by atoms with Crippen LogP contribution in [0.15, 0.2) is 85.2 Å². The number of urea groups is 1. The first-order valence-electron chi connectivity index (χ1n) is 10.4. The van der Waals surface area contributed by atoms with E-state index in [4.69, 9.17) is 10.1 Å². The number of para-hydroxylation sites is 2. The number of pyridine rings is 1. The molecule has 0 radical (unpaired) electrons. The predicted octanol–water partition coefficient (Wildman–Crippen LogP) is 3.78. The lowest BCUT2D eigenvalue weighted by atomic mass is 10.2. The van der Waals surface area contributed by atoms with Crippen LogP contribution in [0, 0.1) is 16.9 Å². The number of guanidine groups is 1. The molecule has 0 saturated heterocycles. The summed E-state index contributed by atoms with van der Waals surface area (Å²) in [5.41, 5.74) is 2.18. The number of carbonyl (C=O) groups excluding carboxylic acids is 1. The second kappa shape index (κ2) is 12.4. The van der Waals surface area contributed by atoms with Crippen molar-refractivity contribution in [1.29, 1.82) is 10.7 Å². The van der Waals surface area contributed by atoms with Crippen molar-refractivity contribution < 1.29 is 9.53 Å². The zero-order valence-electron chi connectivity index (χ0n) is 18.0. The molecule has 0 aliphatic rings. The Kier molecular flexibility index (Phi) is 8.76. The quantitative estimate of drug-likeness (QED) is 0.152. The highest BCUT2D eigenvalue weighted by molar-refractivity contribution is 5.99. The van der Waals surface area contributed by atoms with Crippen molar-refractivity contribution >= 4 is 29.1 Å². The highest BCUT2D eigenvalue weighted by atomic mass is 16.5. The Morgan fingerprint density at radius 3 is 2.15 bits per heavy atom. The van der Waals surface area contributed by atoms with Crippen LogP contribution in [-0.4, -0.2) is 48.2 Å². The number of nitriles is 1. The van der Waals surface area contributed by atoms with Gasteiger partial charge in [0.25, 0.3) is 0 Å². The summed E-state index contributed by atoms with van der Waals surface area (Å²) in [4.78, 5) is 19.6. The molecule has 3 aromatic rings. The van der Waals surface area contributed by atoms with E-state index in [0.29, 0.717) is 12.2 Å². The summed E-state index contributed by atoms with van der Waals surface area (Å²) < 4.78 is 5.55. The van der Waals surface area contributed by atoms with E-state index in [0.717, 1.165) is 11.4 Å². The number of nitrogens with one attached hydrogen (secondary N) is 3. The van der Waals surface area contributed by atoms with Crippen molar-refractivity contribution in [3.8, 4) is 6.19 Å².